The van der Waals surface area contributed by atoms with Crippen LogP contribution in [0.15, 0.2) is 30.9 Å². The van der Waals surface area contributed by atoms with Gasteiger partial charge in [-0.2, -0.15) is 5.26 Å². The average Bonchev–Trinajstić information content (AvgIpc) is 3.36. The second-order valence-electron chi connectivity index (χ2n) is 8.14. The number of nitrogens with zero attached hydrogens (tertiary/aromatic N) is 7. The highest BCUT2D eigenvalue weighted by molar-refractivity contribution is 5.85. The number of nitrogens with two attached hydrogens (primary N) is 1. The van der Waals surface area contributed by atoms with Crippen LogP contribution < -0.4 is 10.6 Å². The molecule has 1 fully saturated rings. The molecule has 1 unspecified atom stereocenters. The van der Waals surface area contributed by atoms with Crippen molar-refractivity contribution in [3.05, 3.63) is 36.4 Å². The van der Waals surface area contributed by atoms with Crippen LogP contribution in [-0.4, -0.2) is 48.3 Å². The van der Waals surface area contributed by atoms with Crippen LogP contribution in [0.2, 0.25) is 0 Å². The number of nitriles is 1. The van der Waals surface area contributed by atoms with Gasteiger partial charge in [-0.3, -0.25) is 4.98 Å². The molecule has 3 aromatic rings. The summed E-state index contributed by atoms with van der Waals surface area (Å²) in [6.45, 7) is 5.13. The number of hydrogen-bond donors (Lipinski definition) is 2. The van der Waals surface area contributed by atoms with Crippen LogP contribution in [0, 0.1) is 17.2 Å². The molecule has 1 aliphatic rings. The third-order valence-electron chi connectivity index (χ3n) is 5.59. The Morgan fingerprint density at radius 3 is 2.65 bits per heavy atom. The molecule has 0 aromatic carbocycles. The molecule has 0 saturated carbocycles. The van der Waals surface area contributed by atoms with Gasteiger partial charge in [0.1, 0.15) is 34.5 Å². The molecule has 1 aliphatic heterocycles. The summed E-state index contributed by atoms with van der Waals surface area (Å²) < 4.78 is 1.83. The highest BCUT2D eigenvalue weighted by Crippen LogP contribution is 2.32. The van der Waals surface area contributed by atoms with Crippen molar-refractivity contribution in [2.45, 2.75) is 25.9 Å². The average molecular weight is 441 g/mol. The predicted octanol–water partition coefficient (Wildman–Crippen LogP) is 2.41. The third-order valence-corrected chi connectivity index (χ3v) is 5.59. The van der Waals surface area contributed by atoms with E-state index in [4.69, 9.17) is 10.7 Å². The van der Waals surface area contributed by atoms with Gasteiger partial charge in [-0.15, -0.1) is 12.4 Å². The van der Waals surface area contributed by atoms with Gasteiger partial charge in [0.15, 0.2) is 5.82 Å². The molecule has 4 rings (SSSR count). The Hall–Kier alpha value is -3.22. The van der Waals surface area contributed by atoms with Crippen LogP contribution in [0.5, 0.6) is 0 Å². The first-order chi connectivity index (χ1) is 14.3. The quantitative estimate of drug-likeness (QED) is 0.632. The Bertz CT molecular complexity index is 1130. The minimum absolute atomic E-state index is 0. The van der Waals surface area contributed by atoms with Gasteiger partial charge in [-0.25, -0.2) is 15.0 Å². The van der Waals surface area contributed by atoms with E-state index in [-0.39, 0.29) is 23.9 Å². The minimum atomic E-state index is -0.750. The maximum Gasteiger partial charge on any atom is 0.158 e. The van der Waals surface area contributed by atoms with E-state index in [1.165, 1.54) is 0 Å². The number of aliphatic hydroxyl groups is 1. The van der Waals surface area contributed by atoms with Crippen LogP contribution >= 0.6 is 12.4 Å². The van der Waals surface area contributed by atoms with Crippen molar-refractivity contribution >= 4 is 23.9 Å². The van der Waals surface area contributed by atoms with Crippen molar-refractivity contribution in [3.8, 4) is 29.0 Å². The second kappa shape index (κ2) is 8.49. The normalized spacial score (nSPS) is 16.1. The summed E-state index contributed by atoms with van der Waals surface area (Å²) in [5.41, 5.74) is 7.40. The van der Waals surface area contributed by atoms with Gasteiger partial charge in [0, 0.05) is 38.4 Å². The number of rotatable bonds is 4. The van der Waals surface area contributed by atoms with E-state index in [1.54, 1.807) is 24.7 Å². The molecular formula is C21H25ClN8O. The van der Waals surface area contributed by atoms with Crippen LogP contribution in [-0.2, 0) is 7.05 Å². The Kier molecular flexibility index (Phi) is 6.15. The lowest BCUT2D eigenvalue weighted by Gasteiger charge is -2.25. The molecule has 1 atom stereocenters. The smallest absolute Gasteiger partial charge is 0.158 e. The fourth-order valence-corrected chi connectivity index (χ4v) is 3.76. The fraction of sp³-hybridized carbons (Fsp3) is 0.381. The molecule has 1 saturated heterocycles. The van der Waals surface area contributed by atoms with E-state index in [1.807, 2.05) is 31.7 Å². The van der Waals surface area contributed by atoms with Crippen molar-refractivity contribution in [2.24, 2.45) is 13.0 Å². The molecule has 0 spiro atoms. The topological polar surface area (TPSA) is 130 Å². The minimum Gasteiger partial charge on any atom is -0.398 e. The zero-order chi connectivity index (χ0) is 21.5. The van der Waals surface area contributed by atoms with Crippen molar-refractivity contribution in [1.82, 2.24) is 24.5 Å². The number of nitrogen functional groups attached to an aromatic ring is 1. The molecule has 162 valence electrons. The molecular weight excluding hydrogens is 416 g/mol. The summed E-state index contributed by atoms with van der Waals surface area (Å²) in [6.07, 6.45) is 7.64. The van der Waals surface area contributed by atoms with Gasteiger partial charge < -0.3 is 20.3 Å². The zero-order valence-corrected chi connectivity index (χ0v) is 18.5. The van der Waals surface area contributed by atoms with Crippen LogP contribution in [0.4, 0.5) is 11.5 Å². The molecule has 3 aromatic heterocycles. The highest BCUT2D eigenvalue weighted by Gasteiger charge is 2.34. The Balaban J connectivity index is 0.00000272. The van der Waals surface area contributed by atoms with E-state index in [0.717, 1.165) is 13.0 Å². The lowest BCUT2D eigenvalue weighted by molar-refractivity contribution is 0.0263. The second-order valence-corrected chi connectivity index (χ2v) is 8.14. The predicted molar refractivity (Wildman–Crippen MR) is 120 cm³/mol. The van der Waals surface area contributed by atoms with Gasteiger partial charge in [0.2, 0.25) is 0 Å². The molecule has 31 heavy (non-hydrogen) atoms. The number of hydrogen-bond acceptors (Lipinski definition) is 8. The number of aryl methyl sites for hydroxylation is 1. The number of anilines is 2. The molecule has 10 heteroatoms. The Morgan fingerprint density at radius 2 is 2.03 bits per heavy atom. The molecule has 0 aliphatic carbocycles. The first-order valence-electron chi connectivity index (χ1n) is 9.76. The summed E-state index contributed by atoms with van der Waals surface area (Å²) in [4.78, 5) is 20.1. The van der Waals surface area contributed by atoms with Crippen molar-refractivity contribution in [1.29, 1.82) is 5.26 Å². The molecule has 0 radical (unpaired) electrons. The monoisotopic (exact) mass is 440 g/mol. The molecule has 3 N–H and O–H groups in total. The lowest BCUT2D eigenvalue weighted by atomic mass is 9.90. The zero-order valence-electron chi connectivity index (χ0n) is 17.6. The van der Waals surface area contributed by atoms with Gasteiger partial charge in [-0.05, 0) is 26.3 Å². The van der Waals surface area contributed by atoms with Crippen LogP contribution in [0.1, 0.15) is 25.8 Å². The van der Waals surface area contributed by atoms with Gasteiger partial charge in [-0.1, -0.05) is 0 Å². The fourth-order valence-electron chi connectivity index (χ4n) is 3.76. The standard InChI is InChI=1S/C21H24N8O.ClH/c1-21(2,30)13-4-6-29(12-13)18-11-24-10-17(26-18)19-14(9-22)15(23)8-16(27-19)20-25-5-7-28(20)3;/h5,7-8,10-11,13,30H,4,6,12H2,1-3H3,(H2,23,27);1H. The number of pyridine rings is 1. The maximum absolute atomic E-state index is 10.3. The number of halogens is 1. The van der Waals surface area contributed by atoms with E-state index in [2.05, 4.69) is 25.9 Å². The van der Waals surface area contributed by atoms with Crippen molar-refractivity contribution in [3.63, 3.8) is 0 Å². The Labute approximate surface area is 187 Å². The van der Waals surface area contributed by atoms with E-state index < -0.39 is 5.60 Å². The van der Waals surface area contributed by atoms with Crippen molar-refractivity contribution in [2.75, 3.05) is 23.7 Å². The molecule has 9 nitrogen and oxygen atoms in total. The Morgan fingerprint density at radius 1 is 1.26 bits per heavy atom. The number of aromatic nitrogens is 5. The summed E-state index contributed by atoms with van der Waals surface area (Å²) in [5.74, 6) is 1.48. The summed E-state index contributed by atoms with van der Waals surface area (Å²) >= 11 is 0. The third kappa shape index (κ3) is 4.31. The van der Waals surface area contributed by atoms with E-state index in [9.17, 15) is 10.4 Å². The maximum atomic E-state index is 10.3. The van der Waals surface area contributed by atoms with E-state index >= 15 is 0 Å². The van der Waals surface area contributed by atoms with Crippen LogP contribution in [0.3, 0.4) is 0 Å². The molecule has 0 bridgehead atoms. The largest absolute Gasteiger partial charge is 0.398 e. The lowest BCUT2D eigenvalue weighted by Crippen LogP contribution is -2.33. The summed E-state index contributed by atoms with van der Waals surface area (Å²) in [6, 6.07) is 3.79. The van der Waals surface area contributed by atoms with E-state index in [0.29, 0.717) is 41.0 Å². The first kappa shape index (κ1) is 22.5. The van der Waals surface area contributed by atoms with Gasteiger partial charge >= 0.3 is 0 Å². The highest BCUT2D eigenvalue weighted by atomic mass is 35.5. The van der Waals surface area contributed by atoms with Crippen LogP contribution in [0.25, 0.3) is 22.9 Å². The molecule has 4 heterocycles. The first-order valence-corrected chi connectivity index (χ1v) is 9.76. The van der Waals surface area contributed by atoms with Gasteiger partial charge in [0.25, 0.3) is 0 Å². The number of imidazole rings is 1. The molecule has 0 amide bonds. The van der Waals surface area contributed by atoms with Gasteiger partial charge in [0.05, 0.1) is 23.7 Å². The summed E-state index contributed by atoms with van der Waals surface area (Å²) in [7, 11) is 1.87. The SMILES string of the molecule is Cl.Cn1ccnc1-c1cc(N)c(C#N)c(-c2cncc(N3CCC(C(C)(C)O)C3)n2)n1. The summed E-state index contributed by atoms with van der Waals surface area (Å²) in [5, 5.41) is 20.0. The van der Waals surface area contributed by atoms with Crippen molar-refractivity contribution < 1.29 is 5.11 Å².